The van der Waals surface area contributed by atoms with Crippen molar-refractivity contribution in [3.05, 3.63) is 0 Å². The van der Waals surface area contributed by atoms with Crippen LogP contribution in [0.15, 0.2) is 0 Å². The molecule has 0 bridgehead atoms. The lowest BCUT2D eigenvalue weighted by Gasteiger charge is -2.10. The van der Waals surface area contributed by atoms with E-state index < -0.39 is 0 Å². The molecule has 0 amide bonds. The van der Waals surface area contributed by atoms with E-state index in [2.05, 4.69) is 19.2 Å². The van der Waals surface area contributed by atoms with Crippen LogP contribution >= 0.6 is 0 Å². The minimum atomic E-state index is 0.250. The van der Waals surface area contributed by atoms with Crippen LogP contribution < -0.4 is 5.32 Å². The molecule has 0 aliphatic carbocycles. The van der Waals surface area contributed by atoms with Gasteiger partial charge in [0.1, 0.15) is 0 Å². The minimum Gasteiger partial charge on any atom is -0.395 e. The SMILES string of the molecule is CCCC[C@H](C)CNCCO. The Kier molecular flexibility index (Phi) is 7.96. The number of hydrogen-bond donors (Lipinski definition) is 2. The molecule has 0 aliphatic rings. The van der Waals surface area contributed by atoms with Crippen molar-refractivity contribution in [1.29, 1.82) is 0 Å². The Hall–Kier alpha value is -0.0800. The standard InChI is InChI=1S/C9H21NO/c1-3-4-5-9(2)8-10-6-7-11/h9-11H,3-8H2,1-2H3/t9-/m0/s1. The lowest BCUT2D eigenvalue weighted by molar-refractivity contribution is 0.287. The van der Waals surface area contributed by atoms with E-state index in [0.717, 1.165) is 19.0 Å². The molecule has 0 radical (unpaired) electrons. The molecule has 2 nitrogen and oxygen atoms in total. The first-order valence-electron chi connectivity index (χ1n) is 4.62. The molecule has 11 heavy (non-hydrogen) atoms. The minimum absolute atomic E-state index is 0.250. The normalized spacial score (nSPS) is 13.4. The predicted octanol–water partition coefficient (Wildman–Crippen LogP) is 1.39. The number of rotatable bonds is 7. The van der Waals surface area contributed by atoms with E-state index in [1.54, 1.807) is 0 Å². The van der Waals surface area contributed by atoms with Crippen molar-refractivity contribution >= 4 is 0 Å². The lowest BCUT2D eigenvalue weighted by Crippen LogP contribution is -2.24. The van der Waals surface area contributed by atoms with Crippen molar-refractivity contribution in [2.75, 3.05) is 19.7 Å². The number of unbranched alkanes of at least 4 members (excludes halogenated alkanes) is 1. The second kappa shape index (κ2) is 8.02. The van der Waals surface area contributed by atoms with Crippen molar-refractivity contribution in [2.45, 2.75) is 33.1 Å². The molecular weight excluding hydrogens is 138 g/mol. The summed E-state index contributed by atoms with van der Waals surface area (Å²) in [6.45, 7) is 6.49. The average Bonchev–Trinajstić information content (AvgIpc) is 2.01. The summed E-state index contributed by atoms with van der Waals surface area (Å²) in [5.41, 5.74) is 0. The molecule has 0 saturated heterocycles. The van der Waals surface area contributed by atoms with Gasteiger partial charge in [-0.05, 0) is 18.9 Å². The van der Waals surface area contributed by atoms with Crippen LogP contribution in [0.4, 0.5) is 0 Å². The molecule has 68 valence electrons. The van der Waals surface area contributed by atoms with Crippen LogP contribution in [0.3, 0.4) is 0 Å². The Morgan fingerprint density at radius 3 is 2.73 bits per heavy atom. The molecule has 0 unspecified atom stereocenters. The summed E-state index contributed by atoms with van der Waals surface area (Å²) in [5, 5.41) is 11.7. The van der Waals surface area contributed by atoms with E-state index in [9.17, 15) is 0 Å². The van der Waals surface area contributed by atoms with E-state index in [1.165, 1.54) is 19.3 Å². The third kappa shape index (κ3) is 7.82. The summed E-state index contributed by atoms with van der Waals surface area (Å²) in [6.07, 6.45) is 3.90. The molecule has 0 spiro atoms. The summed E-state index contributed by atoms with van der Waals surface area (Å²) in [5.74, 6) is 0.751. The molecule has 1 atom stereocenters. The average molecular weight is 159 g/mol. The molecule has 0 saturated carbocycles. The van der Waals surface area contributed by atoms with Gasteiger partial charge in [0, 0.05) is 6.54 Å². The zero-order chi connectivity index (χ0) is 8.53. The van der Waals surface area contributed by atoms with Gasteiger partial charge in [0.2, 0.25) is 0 Å². The maximum Gasteiger partial charge on any atom is 0.0555 e. The van der Waals surface area contributed by atoms with Gasteiger partial charge in [0.25, 0.3) is 0 Å². The molecule has 0 aromatic carbocycles. The van der Waals surface area contributed by atoms with E-state index in [4.69, 9.17) is 5.11 Å². The molecule has 2 N–H and O–H groups in total. The van der Waals surface area contributed by atoms with E-state index >= 15 is 0 Å². The van der Waals surface area contributed by atoms with Gasteiger partial charge < -0.3 is 10.4 Å². The summed E-state index contributed by atoms with van der Waals surface area (Å²) in [7, 11) is 0. The van der Waals surface area contributed by atoms with Crippen LogP contribution in [0.2, 0.25) is 0 Å². The molecule has 0 aromatic heterocycles. The Morgan fingerprint density at radius 1 is 1.45 bits per heavy atom. The number of hydrogen-bond acceptors (Lipinski definition) is 2. The highest BCUT2D eigenvalue weighted by Crippen LogP contribution is 2.05. The second-order valence-electron chi connectivity index (χ2n) is 3.18. The number of aliphatic hydroxyl groups is 1. The van der Waals surface area contributed by atoms with Crippen LogP contribution in [0, 0.1) is 5.92 Å². The predicted molar refractivity (Wildman–Crippen MR) is 48.6 cm³/mol. The fraction of sp³-hybridized carbons (Fsp3) is 1.00. The molecule has 2 heteroatoms. The quantitative estimate of drug-likeness (QED) is 0.550. The first-order chi connectivity index (χ1) is 5.31. The lowest BCUT2D eigenvalue weighted by atomic mass is 10.0. The van der Waals surface area contributed by atoms with Gasteiger partial charge in [-0.3, -0.25) is 0 Å². The van der Waals surface area contributed by atoms with E-state index in [-0.39, 0.29) is 6.61 Å². The first kappa shape index (κ1) is 10.9. The Labute approximate surface area is 70.0 Å². The molecule has 0 aromatic rings. The van der Waals surface area contributed by atoms with Crippen molar-refractivity contribution in [3.8, 4) is 0 Å². The van der Waals surface area contributed by atoms with Gasteiger partial charge in [-0.2, -0.15) is 0 Å². The third-order valence-corrected chi connectivity index (χ3v) is 1.83. The van der Waals surface area contributed by atoms with Crippen molar-refractivity contribution in [3.63, 3.8) is 0 Å². The van der Waals surface area contributed by atoms with Crippen LogP contribution in [-0.4, -0.2) is 24.8 Å². The number of aliphatic hydroxyl groups excluding tert-OH is 1. The Morgan fingerprint density at radius 2 is 2.18 bits per heavy atom. The van der Waals surface area contributed by atoms with Crippen molar-refractivity contribution in [2.24, 2.45) is 5.92 Å². The fourth-order valence-electron chi connectivity index (χ4n) is 1.08. The summed E-state index contributed by atoms with van der Waals surface area (Å²) in [4.78, 5) is 0. The van der Waals surface area contributed by atoms with Crippen LogP contribution in [0.25, 0.3) is 0 Å². The van der Waals surface area contributed by atoms with Crippen LogP contribution in [0.5, 0.6) is 0 Å². The highest BCUT2D eigenvalue weighted by Gasteiger charge is 1.98. The first-order valence-corrected chi connectivity index (χ1v) is 4.62. The van der Waals surface area contributed by atoms with Crippen molar-refractivity contribution < 1.29 is 5.11 Å². The Balaban J connectivity index is 3.02. The Bertz CT molecular complexity index is 76.0. The molecule has 0 heterocycles. The van der Waals surface area contributed by atoms with Gasteiger partial charge in [0.05, 0.1) is 6.61 Å². The maximum absolute atomic E-state index is 8.49. The van der Waals surface area contributed by atoms with Gasteiger partial charge in [-0.25, -0.2) is 0 Å². The zero-order valence-electron chi connectivity index (χ0n) is 7.77. The highest BCUT2D eigenvalue weighted by atomic mass is 16.3. The molecule has 0 fully saturated rings. The van der Waals surface area contributed by atoms with E-state index in [1.807, 2.05) is 0 Å². The highest BCUT2D eigenvalue weighted by molar-refractivity contribution is 4.56. The topological polar surface area (TPSA) is 32.3 Å². The van der Waals surface area contributed by atoms with E-state index in [0.29, 0.717) is 0 Å². The van der Waals surface area contributed by atoms with Crippen LogP contribution in [0.1, 0.15) is 33.1 Å². The van der Waals surface area contributed by atoms with Crippen molar-refractivity contribution in [1.82, 2.24) is 5.32 Å². The molecular formula is C9H21NO. The summed E-state index contributed by atoms with van der Waals surface area (Å²) >= 11 is 0. The summed E-state index contributed by atoms with van der Waals surface area (Å²) < 4.78 is 0. The van der Waals surface area contributed by atoms with Gasteiger partial charge in [-0.1, -0.05) is 26.7 Å². The molecule has 0 rings (SSSR count). The van der Waals surface area contributed by atoms with Gasteiger partial charge >= 0.3 is 0 Å². The second-order valence-corrected chi connectivity index (χ2v) is 3.18. The smallest absolute Gasteiger partial charge is 0.0555 e. The largest absolute Gasteiger partial charge is 0.395 e. The van der Waals surface area contributed by atoms with Gasteiger partial charge in [0.15, 0.2) is 0 Å². The third-order valence-electron chi connectivity index (χ3n) is 1.83. The maximum atomic E-state index is 8.49. The summed E-state index contributed by atoms with van der Waals surface area (Å²) in [6, 6.07) is 0. The van der Waals surface area contributed by atoms with Crippen LogP contribution in [-0.2, 0) is 0 Å². The molecule has 0 aliphatic heterocycles. The number of nitrogens with one attached hydrogen (secondary N) is 1. The zero-order valence-corrected chi connectivity index (χ0v) is 7.77. The van der Waals surface area contributed by atoms with Gasteiger partial charge in [-0.15, -0.1) is 0 Å². The fourth-order valence-corrected chi connectivity index (χ4v) is 1.08. The monoisotopic (exact) mass is 159 g/mol.